The molecule has 0 saturated carbocycles. The van der Waals surface area contributed by atoms with Gasteiger partial charge in [-0.2, -0.15) is 0 Å². The van der Waals surface area contributed by atoms with Crippen LogP contribution >= 0.6 is 31.9 Å². The third-order valence-electron chi connectivity index (χ3n) is 2.40. The predicted octanol–water partition coefficient (Wildman–Crippen LogP) is 3.82. The Hall–Kier alpha value is -0.100. The van der Waals surface area contributed by atoms with Crippen molar-refractivity contribution in [2.45, 2.75) is 26.3 Å². The topological polar surface area (TPSA) is 41.5 Å². The van der Waals surface area contributed by atoms with Crippen molar-refractivity contribution in [3.63, 3.8) is 0 Å². The Morgan fingerprint density at radius 2 is 1.89 bits per heavy atom. The highest BCUT2D eigenvalue weighted by molar-refractivity contribution is 9.11. The van der Waals surface area contributed by atoms with Crippen molar-refractivity contribution >= 4 is 31.9 Å². The number of benzene rings is 1. The third-order valence-corrected chi connectivity index (χ3v) is 3.61. The lowest BCUT2D eigenvalue weighted by Crippen LogP contribution is -2.16. The van der Waals surface area contributed by atoms with Gasteiger partial charge in [-0.1, -0.05) is 6.92 Å². The van der Waals surface area contributed by atoms with Crippen LogP contribution in [0.1, 0.15) is 25.3 Å². The minimum Gasteiger partial charge on any atom is -0.506 e. The van der Waals surface area contributed by atoms with Gasteiger partial charge in [-0.25, -0.2) is 0 Å². The number of nitrogens with one attached hydrogen (secondary N) is 1. The molecule has 1 aromatic carbocycles. The van der Waals surface area contributed by atoms with Crippen LogP contribution in [-0.2, 0) is 11.3 Å². The first-order chi connectivity index (χ1) is 8.65. The van der Waals surface area contributed by atoms with E-state index in [1.165, 1.54) is 0 Å². The van der Waals surface area contributed by atoms with Gasteiger partial charge >= 0.3 is 0 Å². The second-order valence-electron chi connectivity index (χ2n) is 4.05. The molecule has 0 amide bonds. The van der Waals surface area contributed by atoms with E-state index >= 15 is 0 Å². The quantitative estimate of drug-likeness (QED) is 0.673. The summed E-state index contributed by atoms with van der Waals surface area (Å²) in [7, 11) is 0. The van der Waals surface area contributed by atoms with Crippen molar-refractivity contribution in [3.05, 3.63) is 26.6 Å². The van der Waals surface area contributed by atoms with Gasteiger partial charge in [-0.3, -0.25) is 0 Å². The standard InChI is InChI=1S/C13H19Br2NO2/c1-2-5-18-6-3-4-16-9-10-7-11(14)13(17)12(15)8-10/h7-8,16-17H,2-6,9H2,1H3. The molecule has 0 unspecified atom stereocenters. The van der Waals surface area contributed by atoms with Crippen LogP contribution in [0, 0.1) is 0 Å². The van der Waals surface area contributed by atoms with Gasteiger partial charge in [-0.05, 0) is 68.9 Å². The van der Waals surface area contributed by atoms with Crippen molar-refractivity contribution in [2.75, 3.05) is 19.8 Å². The summed E-state index contributed by atoms with van der Waals surface area (Å²) in [6.45, 7) is 5.48. The van der Waals surface area contributed by atoms with E-state index in [0.29, 0.717) is 8.95 Å². The molecular formula is C13H19Br2NO2. The number of ether oxygens (including phenoxy) is 1. The molecule has 1 rings (SSSR count). The molecule has 0 spiro atoms. The zero-order valence-corrected chi connectivity index (χ0v) is 13.7. The van der Waals surface area contributed by atoms with Crippen LogP contribution < -0.4 is 5.32 Å². The van der Waals surface area contributed by atoms with E-state index in [2.05, 4.69) is 44.1 Å². The van der Waals surface area contributed by atoms with Gasteiger partial charge in [0.2, 0.25) is 0 Å². The summed E-state index contributed by atoms with van der Waals surface area (Å²) in [5.74, 6) is 0.242. The van der Waals surface area contributed by atoms with E-state index in [4.69, 9.17) is 4.74 Å². The van der Waals surface area contributed by atoms with Crippen LogP contribution in [0.5, 0.6) is 5.75 Å². The second kappa shape index (κ2) is 8.91. The summed E-state index contributed by atoms with van der Waals surface area (Å²) in [6, 6.07) is 3.83. The minimum absolute atomic E-state index is 0.242. The highest BCUT2D eigenvalue weighted by atomic mass is 79.9. The average molecular weight is 381 g/mol. The van der Waals surface area contributed by atoms with Gasteiger partial charge in [0.05, 0.1) is 8.95 Å². The lowest BCUT2D eigenvalue weighted by Gasteiger charge is -2.08. The van der Waals surface area contributed by atoms with E-state index in [-0.39, 0.29) is 5.75 Å². The molecule has 0 radical (unpaired) electrons. The Balaban J connectivity index is 2.23. The number of hydrogen-bond donors (Lipinski definition) is 2. The molecule has 0 aliphatic carbocycles. The third kappa shape index (κ3) is 5.69. The van der Waals surface area contributed by atoms with Gasteiger partial charge in [0, 0.05) is 19.8 Å². The number of phenolic OH excluding ortho intramolecular Hbond substituents is 1. The molecule has 0 bridgehead atoms. The molecule has 102 valence electrons. The van der Waals surface area contributed by atoms with Crippen molar-refractivity contribution in [2.24, 2.45) is 0 Å². The molecule has 0 fully saturated rings. The summed E-state index contributed by atoms with van der Waals surface area (Å²) >= 11 is 6.64. The van der Waals surface area contributed by atoms with Gasteiger partial charge in [0.25, 0.3) is 0 Å². The molecule has 5 heteroatoms. The highest BCUT2D eigenvalue weighted by Gasteiger charge is 2.05. The van der Waals surface area contributed by atoms with Gasteiger partial charge in [-0.15, -0.1) is 0 Å². The fourth-order valence-corrected chi connectivity index (χ4v) is 2.78. The largest absolute Gasteiger partial charge is 0.506 e. The summed E-state index contributed by atoms with van der Waals surface area (Å²) < 4.78 is 6.82. The van der Waals surface area contributed by atoms with Gasteiger partial charge in [0.15, 0.2) is 0 Å². The Morgan fingerprint density at radius 1 is 1.22 bits per heavy atom. The number of aromatic hydroxyl groups is 1. The Kier molecular flexibility index (Phi) is 7.90. The lowest BCUT2D eigenvalue weighted by molar-refractivity contribution is 0.132. The molecule has 18 heavy (non-hydrogen) atoms. The maximum atomic E-state index is 9.59. The smallest absolute Gasteiger partial charge is 0.143 e. The molecular weight excluding hydrogens is 362 g/mol. The predicted molar refractivity (Wildman–Crippen MR) is 80.9 cm³/mol. The van der Waals surface area contributed by atoms with Crippen LogP contribution in [0.3, 0.4) is 0 Å². The molecule has 0 aliphatic rings. The number of halogens is 2. The minimum atomic E-state index is 0.242. The van der Waals surface area contributed by atoms with E-state index in [1.54, 1.807) is 0 Å². The van der Waals surface area contributed by atoms with Crippen LogP contribution in [0.4, 0.5) is 0 Å². The first-order valence-electron chi connectivity index (χ1n) is 6.10. The Bertz CT molecular complexity index is 349. The molecule has 0 aliphatic heterocycles. The summed E-state index contributed by atoms with van der Waals surface area (Å²) in [5.41, 5.74) is 1.13. The molecule has 0 aromatic heterocycles. The maximum absolute atomic E-state index is 9.59. The van der Waals surface area contributed by atoms with Crippen LogP contribution in [-0.4, -0.2) is 24.9 Å². The molecule has 0 heterocycles. The molecule has 2 N–H and O–H groups in total. The Morgan fingerprint density at radius 3 is 2.50 bits per heavy atom. The van der Waals surface area contributed by atoms with E-state index in [1.807, 2.05) is 12.1 Å². The number of hydrogen-bond acceptors (Lipinski definition) is 3. The van der Waals surface area contributed by atoms with Gasteiger partial charge in [0.1, 0.15) is 5.75 Å². The van der Waals surface area contributed by atoms with Gasteiger partial charge < -0.3 is 15.2 Å². The fraction of sp³-hybridized carbons (Fsp3) is 0.538. The van der Waals surface area contributed by atoms with Crippen LogP contribution in [0.15, 0.2) is 21.1 Å². The number of phenols is 1. The monoisotopic (exact) mass is 379 g/mol. The summed E-state index contributed by atoms with van der Waals surface area (Å²) in [5, 5.41) is 12.9. The zero-order valence-electron chi connectivity index (χ0n) is 10.5. The fourth-order valence-electron chi connectivity index (χ4n) is 1.50. The lowest BCUT2D eigenvalue weighted by atomic mass is 10.2. The number of rotatable bonds is 8. The van der Waals surface area contributed by atoms with Crippen molar-refractivity contribution in [1.82, 2.24) is 5.32 Å². The van der Waals surface area contributed by atoms with Crippen LogP contribution in [0.25, 0.3) is 0 Å². The highest BCUT2D eigenvalue weighted by Crippen LogP contribution is 2.33. The first kappa shape index (κ1) is 16.0. The zero-order chi connectivity index (χ0) is 13.4. The average Bonchev–Trinajstić information content (AvgIpc) is 2.34. The van der Waals surface area contributed by atoms with E-state index in [9.17, 15) is 5.11 Å². The summed E-state index contributed by atoms with van der Waals surface area (Å²) in [6.07, 6.45) is 2.09. The SMILES string of the molecule is CCCOCCCNCc1cc(Br)c(O)c(Br)c1. The Labute approximate surface area is 125 Å². The van der Waals surface area contributed by atoms with Crippen molar-refractivity contribution < 1.29 is 9.84 Å². The van der Waals surface area contributed by atoms with Crippen LogP contribution in [0.2, 0.25) is 0 Å². The summed E-state index contributed by atoms with van der Waals surface area (Å²) in [4.78, 5) is 0. The first-order valence-corrected chi connectivity index (χ1v) is 7.69. The van der Waals surface area contributed by atoms with E-state index < -0.39 is 0 Å². The molecule has 1 aromatic rings. The molecule has 0 atom stereocenters. The van der Waals surface area contributed by atoms with Crippen molar-refractivity contribution in [1.29, 1.82) is 0 Å². The molecule has 0 saturated heterocycles. The van der Waals surface area contributed by atoms with Crippen molar-refractivity contribution in [3.8, 4) is 5.75 Å². The second-order valence-corrected chi connectivity index (χ2v) is 5.76. The normalized spacial score (nSPS) is 10.8. The maximum Gasteiger partial charge on any atom is 0.143 e. The molecule has 3 nitrogen and oxygen atoms in total. The van der Waals surface area contributed by atoms with E-state index in [0.717, 1.165) is 44.7 Å².